The number of nitrogens with one attached hydrogen (secondary N) is 1. The van der Waals surface area contributed by atoms with Crippen molar-refractivity contribution in [2.75, 3.05) is 33.9 Å². The lowest BCUT2D eigenvalue weighted by atomic mass is 9.96. The maximum absolute atomic E-state index is 5.44. The third-order valence-corrected chi connectivity index (χ3v) is 5.07. The minimum atomic E-state index is 0.666. The molecule has 0 spiro atoms. The summed E-state index contributed by atoms with van der Waals surface area (Å²) in [5.41, 5.74) is 2.19. The molecule has 6 nitrogen and oxygen atoms in total. The van der Waals surface area contributed by atoms with Crippen molar-refractivity contribution in [2.45, 2.75) is 25.8 Å². The van der Waals surface area contributed by atoms with Gasteiger partial charge in [-0.15, -0.1) is 0 Å². The summed E-state index contributed by atoms with van der Waals surface area (Å²) in [4.78, 5) is 11.3. The summed E-state index contributed by atoms with van der Waals surface area (Å²) in [6.07, 6.45) is 3.55. The minimum Gasteiger partial charge on any atom is -0.381 e. The predicted octanol–water partition coefficient (Wildman–Crippen LogP) is 2.40. The fourth-order valence-electron chi connectivity index (χ4n) is 3.41. The lowest BCUT2D eigenvalue weighted by molar-refractivity contribution is 0.0625. The van der Waals surface area contributed by atoms with Crippen LogP contribution in [0.1, 0.15) is 25.1 Å². The highest BCUT2D eigenvalue weighted by molar-refractivity contribution is 5.80. The van der Waals surface area contributed by atoms with Gasteiger partial charge >= 0.3 is 0 Å². The first-order valence-corrected chi connectivity index (χ1v) is 9.09. The average molecular weight is 343 g/mol. The van der Waals surface area contributed by atoms with Gasteiger partial charge in [0.05, 0.1) is 17.6 Å². The molecule has 3 rings (SSSR count). The SMILES string of the molecule is CN=C(NCc1nc2ccccc2n1C)N(C)CCC1CCOCC1. The molecule has 0 amide bonds. The fourth-order valence-corrected chi connectivity index (χ4v) is 3.41. The first-order chi connectivity index (χ1) is 12.2. The molecule has 25 heavy (non-hydrogen) atoms. The zero-order valence-electron chi connectivity index (χ0n) is 15.5. The predicted molar refractivity (Wildman–Crippen MR) is 102 cm³/mol. The summed E-state index contributed by atoms with van der Waals surface area (Å²) in [7, 11) is 6.00. The first kappa shape index (κ1) is 17.7. The van der Waals surface area contributed by atoms with Gasteiger partial charge in [-0.05, 0) is 37.3 Å². The Kier molecular flexibility index (Phi) is 5.91. The molecule has 1 fully saturated rings. The maximum atomic E-state index is 5.44. The lowest BCUT2D eigenvalue weighted by Gasteiger charge is -2.26. The molecule has 1 aliphatic rings. The number of ether oxygens (including phenoxy) is 1. The average Bonchev–Trinajstić information content (AvgIpc) is 2.97. The molecule has 0 radical (unpaired) electrons. The monoisotopic (exact) mass is 343 g/mol. The molecule has 1 aliphatic heterocycles. The van der Waals surface area contributed by atoms with Crippen molar-refractivity contribution in [1.29, 1.82) is 0 Å². The summed E-state index contributed by atoms with van der Waals surface area (Å²) in [5, 5.41) is 3.44. The number of guanidine groups is 1. The third-order valence-electron chi connectivity index (χ3n) is 5.07. The number of benzene rings is 1. The van der Waals surface area contributed by atoms with E-state index < -0.39 is 0 Å². The van der Waals surface area contributed by atoms with Crippen LogP contribution in [-0.4, -0.2) is 54.3 Å². The molecule has 1 aromatic heterocycles. The van der Waals surface area contributed by atoms with Crippen molar-refractivity contribution in [3.05, 3.63) is 30.1 Å². The van der Waals surface area contributed by atoms with Crippen LogP contribution in [0.15, 0.2) is 29.3 Å². The van der Waals surface area contributed by atoms with Crippen molar-refractivity contribution in [3.63, 3.8) is 0 Å². The van der Waals surface area contributed by atoms with Gasteiger partial charge in [-0.3, -0.25) is 4.99 Å². The molecule has 1 saturated heterocycles. The van der Waals surface area contributed by atoms with E-state index in [1.807, 2.05) is 25.2 Å². The Bertz CT molecular complexity index is 718. The zero-order valence-corrected chi connectivity index (χ0v) is 15.5. The van der Waals surface area contributed by atoms with E-state index in [0.29, 0.717) is 6.54 Å². The van der Waals surface area contributed by atoms with Gasteiger partial charge in [-0.25, -0.2) is 4.98 Å². The Morgan fingerprint density at radius 1 is 1.36 bits per heavy atom. The summed E-state index contributed by atoms with van der Waals surface area (Å²) in [6.45, 7) is 3.49. The second-order valence-corrected chi connectivity index (χ2v) is 6.74. The fraction of sp³-hybridized carbons (Fsp3) is 0.579. The van der Waals surface area contributed by atoms with Crippen molar-refractivity contribution in [3.8, 4) is 0 Å². The van der Waals surface area contributed by atoms with Gasteiger partial charge < -0.3 is 19.5 Å². The number of aromatic nitrogens is 2. The lowest BCUT2D eigenvalue weighted by Crippen LogP contribution is -2.40. The van der Waals surface area contributed by atoms with E-state index in [0.717, 1.165) is 48.5 Å². The van der Waals surface area contributed by atoms with Crippen molar-refractivity contribution in [1.82, 2.24) is 19.8 Å². The van der Waals surface area contributed by atoms with Crippen molar-refractivity contribution >= 4 is 17.0 Å². The Hall–Kier alpha value is -2.08. The molecule has 2 heterocycles. The Balaban J connectivity index is 1.55. The molecule has 136 valence electrons. The Morgan fingerprint density at radius 3 is 2.84 bits per heavy atom. The Labute approximate surface area is 149 Å². The van der Waals surface area contributed by atoms with Crippen molar-refractivity contribution < 1.29 is 4.74 Å². The quantitative estimate of drug-likeness (QED) is 0.669. The first-order valence-electron chi connectivity index (χ1n) is 9.09. The van der Waals surface area contributed by atoms with E-state index >= 15 is 0 Å². The normalized spacial score (nSPS) is 16.4. The van der Waals surface area contributed by atoms with Crippen LogP contribution in [0.25, 0.3) is 11.0 Å². The Morgan fingerprint density at radius 2 is 2.12 bits per heavy atom. The van der Waals surface area contributed by atoms with Crippen LogP contribution < -0.4 is 5.32 Å². The van der Waals surface area contributed by atoms with E-state index in [9.17, 15) is 0 Å². The molecular weight excluding hydrogens is 314 g/mol. The van der Waals surface area contributed by atoms with E-state index in [4.69, 9.17) is 9.72 Å². The second kappa shape index (κ2) is 8.34. The molecule has 0 aliphatic carbocycles. The van der Waals surface area contributed by atoms with E-state index in [-0.39, 0.29) is 0 Å². The number of imidazole rings is 1. The zero-order chi connectivity index (χ0) is 17.6. The topological polar surface area (TPSA) is 54.7 Å². The number of aliphatic imine (C=N–C) groups is 1. The van der Waals surface area contributed by atoms with Gasteiger partial charge in [0.25, 0.3) is 0 Å². The molecule has 0 unspecified atom stereocenters. The molecular formula is C19H29N5O. The van der Waals surface area contributed by atoms with Crippen LogP contribution in [0.2, 0.25) is 0 Å². The molecule has 6 heteroatoms. The van der Waals surface area contributed by atoms with Crippen LogP contribution in [-0.2, 0) is 18.3 Å². The number of rotatable bonds is 5. The number of hydrogen-bond acceptors (Lipinski definition) is 3. The van der Waals surface area contributed by atoms with Gasteiger partial charge in [0, 0.05) is 40.9 Å². The summed E-state index contributed by atoms with van der Waals surface area (Å²) >= 11 is 0. The molecule has 1 aromatic carbocycles. The van der Waals surface area contributed by atoms with Gasteiger partial charge in [0.2, 0.25) is 0 Å². The van der Waals surface area contributed by atoms with Crippen LogP contribution in [0.3, 0.4) is 0 Å². The van der Waals surface area contributed by atoms with Gasteiger partial charge in [-0.1, -0.05) is 12.1 Å². The molecule has 1 N–H and O–H groups in total. The summed E-state index contributed by atoms with van der Waals surface area (Å²) in [6, 6.07) is 8.22. The molecule has 0 bridgehead atoms. The highest BCUT2D eigenvalue weighted by Crippen LogP contribution is 2.18. The second-order valence-electron chi connectivity index (χ2n) is 6.74. The van der Waals surface area contributed by atoms with Crippen LogP contribution >= 0.6 is 0 Å². The van der Waals surface area contributed by atoms with Gasteiger partial charge in [-0.2, -0.15) is 0 Å². The minimum absolute atomic E-state index is 0.666. The maximum Gasteiger partial charge on any atom is 0.193 e. The number of para-hydroxylation sites is 2. The van der Waals surface area contributed by atoms with Crippen LogP contribution in [0.4, 0.5) is 0 Å². The molecule has 2 aromatic rings. The van der Waals surface area contributed by atoms with Gasteiger partial charge in [0.15, 0.2) is 5.96 Å². The number of nitrogens with zero attached hydrogens (tertiary/aromatic N) is 4. The van der Waals surface area contributed by atoms with E-state index in [2.05, 4.69) is 39.9 Å². The highest BCUT2D eigenvalue weighted by atomic mass is 16.5. The van der Waals surface area contributed by atoms with Crippen LogP contribution in [0, 0.1) is 5.92 Å². The van der Waals surface area contributed by atoms with Crippen molar-refractivity contribution in [2.24, 2.45) is 18.0 Å². The third kappa shape index (κ3) is 4.31. The summed E-state index contributed by atoms with van der Waals surface area (Å²) < 4.78 is 7.58. The molecule has 0 atom stereocenters. The summed E-state index contributed by atoms with van der Waals surface area (Å²) in [5.74, 6) is 2.70. The number of hydrogen-bond donors (Lipinski definition) is 1. The number of fused-ring (bicyclic) bond motifs is 1. The standard InChI is InChI=1S/C19H29N5O/c1-20-19(23(2)11-8-15-9-12-25-13-10-15)21-14-18-22-16-6-4-5-7-17(16)24(18)3/h4-7,15H,8-14H2,1-3H3,(H,20,21). The smallest absolute Gasteiger partial charge is 0.193 e. The largest absolute Gasteiger partial charge is 0.381 e. The number of aryl methyl sites for hydroxylation is 1. The van der Waals surface area contributed by atoms with E-state index in [1.165, 1.54) is 19.3 Å². The highest BCUT2D eigenvalue weighted by Gasteiger charge is 2.16. The van der Waals surface area contributed by atoms with E-state index in [1.54, 1.807) is 0 Å². The van der Waals surface area contributed by atoms with Crippen LogP contribution in [0.5, 0.6) is 0 Å². The van der Waals surface area contributed by atoms with Gasteiger partial charge in [0.1, 0.15) is 5.82 Å². The molecule has 0 saturated carbocycles.